The third-order valence-corrected chi connectivity index (χ3v) is 4.17. The van der Waals surface area contributed by atoms with E-state index in [9.17, 15) is 0 Å². The normalized spacial score (nSPS) is 22.8. The molecule has 1 aliphatic heterocycles. The number of aryl methyl sites for hydroxylation is 2. The van der Waals surface area contributed by atoms with Crippen LogP contribution < -0.4 is 10.6 Å². The fraction of sp³-hybridized carbons (Fsp3) is 0.625. The molecule has 1 aromatic rings. The summed E-state index contributed by atoms with van der Waals surface area (Å²) in [7, 11) is 0. The van der Waals surface area contributed by atoms with Crippen molar-refractivity contribution in [3.63, 3.8) is 0 Å². The first-order chi connectivity index (χ1) is 9.42. The number of benzene rings is 1. The van der Waals surface area contributed by atoms with Crippen molar-refractivity contribution in [1.29, 1.82) is 0 Å². The van der Waals surface area contributed by atoms with E-state index in [0.717, 1.165) is 32.7 Å². The van der Waals surface area contributed by atoms with Crippen LogP contribution >= 0.6 is 0 Å². The van der Waals surface area contributed by atoms with Crippen molar-refractivity contribution >= 4 is 5.69 Å². The smallest absolute Gasteiger partial charge is 0.0620 e. The number of ether oxygens (including phenoxy) is 1. The lowest BCUT2D eigenvalue weighted by molar-refractivity contribution is 0.0753. The molecule has 0 saturated carbocycles. The molecule has 2 aliphatic rings. The third-order valence-electron chi connectivity index (χ3n) is 4.17. The molecular weight excluding hydrogens is 236 g/mol. The van der Waals surface area contributed by atoms with Gasteiger partial charge in [-0.05, 0) is 55.4 Å². The van der Waals surface area contributed by atoms with Gasteiger partial charge < -0.3 is 15.4 Å². The zero-order valence-corrected chi connectivity index (χ0v) is 11.6. The van der Waals surface area contributed by atoms with E-state index in [0.29, 0.717) is 6.04 Å². The van der Waals surface area contributed by atoms with Gasteiger partial charge in [-0.2, -0.15) is 0 Å². The van der Waals surface area contributed by atoms with Gasteiger partial charge in [0, 0.05) is 24.8 Å². The summed E-state index contributed by atoms with van der Waals surface area (Å²) in [6.07, 6.45) is 6.34. The monoisotopic (exact) mass is 260 g/mol. The molecule has 19 heavy (non-hydrogen) atoms. The van der Waals surface area contributed by atoms with Crippen molar-refractivity contribution in [2.45, 2.75) is 38.1 Å². The largest absolute Gasteiger partial charge is 0.385 e. The molecule has 1 unspecified atom stereocenters. The lowest BCUT2D eigenvalue weighted by atomic mass is 9.91. The van der Waals surface area contributed by atoms with E-state index in [4.69, 9.17) is 4.74 Å². The van der Waals surface area contributed by atoms with Gasteiger partial charge >= 0.3 is 0 Å². The van der Waals surface area contributed by atoms with Gasteiger partial charge in [0.25, 0.3) is 0 Å². The average molecular weight is 260 g/mol. The van der Waals surface area contributed by atoms with E-state index >= 15 is 0 Å². The van der Waals surface area contributed by atoms with E-state index in [1.54, 1.807) is 11.1 Å². The first-order valence-corrected chi connectivity index (χ1v) is 7.58. The van der Waals surface area contributed by atoms with Crippen LogP contribution in [0.15, 0.2) is 18.2 Å². The second-order valence-corrected chi connectivity index (χ2v) is 5.63. The molecule has 1 atom stereocenters. The molecule has 3 rings (SSSR count). The Bertz CT molecular complexity index is 413. The Kier molecular flexibility index (Phi) is 4.36. The molecule has 1 heterocycles. The summed E-state index contributed by atoms with van der Waals surface area (Å²) in [6, 6.07) is 7.39. The van der Waals surface area contributed by atoms with Gasteiger partial charge in [0.15, 0.2) is 0 Å². The van der Waals surface area contributed by atoms with Crippen molar-refractivity contribution in [2.75, 3.05) is 31.6 Å². The summed E-state index contributed by atoms with van der Waals surface area (Å²) in [5.74, 6) is 0. The number of fused-ring (bicyclic) bond motifs is 1. The van der Waals surface area contributed by atoms with Crippen molar-refractivity contribution in [3.05, 3.63) is 29.3 Å². The van der Waals surface area contributed by atoms with Gasteiger partial charge in [0.1, 0.15) is 0 Å². The third kappa shape index (κ3) is 3.48. The number of nitrogens with one attached hydrogen (secondary N) is 2. The predicted molar refractivity (Wildman–Crippen MR) is 78.8 cm³/mol. The standard InChI is InChI=1S/C16H24N2O/c1-2-4-14-11-15(6-5-13(14)3-1)17-8-7-16-12-19-10-9-18-16/h5-6,11,16-18H,1-4,7-10,12H2. The molecule has 1 aromatic carbocycles. The Morgan fingerprint density at radius 2 is 2.11 bits per heavy atom. The molecule has 3 nitrogen and oxygen atoms in total. The number of morpholine rings is 1. The van der Waals surface area contributed by atoms with E-state index in [2.05, 4.69) is 28.8 Å². The van der Waals surface area contributed by atoms with Gasteiger partial charge in [-0.1, -0.05) is 6.07 Å². The van der Waals surface area contributed by atoms with Crippen LogP contribution in [0.5, 0.6) is 0 Å². The van der Waals surface area contributed by atoms with Crippen molar-refractivity contribution in [2.24, 2.45) is 0 Å². The van der Waals surface area contributed by atoms with Gasteiger partial charge in [-0.25, -0.2) is 0 Å². The van der Waals surface area contributed by atoms with E-state index < -0.39 is 0 Å². The SMILES string of the molecule is c1cc2c(cc1NCCC1COCCN1)CCCC2. The Balaban J connectivity index is 1.49. The molecule has 1 saturated heterocycles. The highest BCUT2D eigenvalue weighted by Gasteiger charge is 2.12. The molecule has 0 bridgehead atoms. The molecule has 1 aliphatic carbocycles. The first kappa shape index (κ1) is 12.9. The lowest BCUT2D eigenvalue weighted by Crippen LogP contribution is -2.42. The minimum Gasteiger partial charge on any atom is -0.385 e. The van der Waals surface area contributed by atoms with E-state index in [-0.39, 0.29) is 0 Å². The molecule has 3 heteroatoms. The Morgan fingerprint density at radius 3 is 2.95 bits per heavy atom. The van der Waals surface area contributed by atoms with Crippen LogP contribution in [-0.4, -0.2) is 32.3 Å². The van der Waals surface area contributed by atoms with Crippen molar-refractivity contribution in [3.8, 4) is 0 Å². The van der Waals surface area contributed by atoms with Gasteiger partial charge in [0.05, 0.1) is 13.2 Å². The van der Waals surface area contributed by atoms with Crippen LogP contribution in [0.3, 0.4) is 0 Å². The first-order valence-electron chi connectivity index (χ1n) is 7.58. The molecule has 104 valence electrons. The molecule has 2 N–H and O–H groups in total. The highest BCUT2D eigenvalue weighted by Crippen LogP contribution is 2.24. The van der Waals surface area contributed by atoms with Gasteiger partial charge in [0.2, 0.25) is 0 Å². The Hall–Kier alpha value is -1.06. The summed E-state index contributed by atoms with van der Waals surface area (Å²) in [4.78, 5) is 0. The topological polar surface area (TPSA) is 33.3 Å². The fourth-order valence-corrected chi connectivity index (χ4v) is 3.04. The van der Waals surface area contributed by atoms with Gasteiger partial charge in [-0.3, -0.25) is 0 Å². The van der Waals surface area contributed by atoms with Crippen LogP contribution in [0.1, 0.15) is 30.4 Å². The minimum atomic E-state index is 0.513. The fourth-order valence-electron chi connectivity index (χ4n) is 3.04. The predicted octanol–water partition coefficient (Wildman–Crippen LogP) is 2.36. The molecular formula is C16H24N2O. The summed E-state index contributed by atoms with van der Waals surface area (Å²) in [6.45, 7) is 3.71. The number of rotatable bonds is 4. The van der Waals surface area contributed by atoms with Crippen LogP contribution in [0.2, 0.25) is 0 Å². The highest BCUT2D eigenvalue weighted by atomic mass is 16.5. The lowest BCUT2D eigenvalue weighted by Gasteiger charge is -2.24. The average Bonchev–Trinajstić information content (AvgIpc) is 2.48. The van der Waals surface area contributed by atoms with Crippen LogP contribution in [0, 0.1) is 0 Å². The molecule has 0 amide bonds. The van der Waals surface area contributed by atoms with Crippen LogP contribution in [-0.2, 0) is 17.6 Å². The molecule has 0 spiro atoms. The van der Waals surface area contributed by atoms with Crippen LogP contribution in [0.4, 0.5) is 5.69 Å². The zero-order valence-electron chi connectivity index (χ0n) is 11.6. The summed E-state index contributed by atoms with van der Waals surface area (Å²) in [5.41, 5.74) is 4.38. The number of anilines is 1. The maximum atomic E-state index is 5.47. The molecule has 1 fully saturated rings. The Morgan fingerprint density at radius 1 is 1.21 bits per heavy atom. The maximum absolute atomic E-state index is 5.47. The molecule has 0 aromatic heterocycles. The van der Waals surface area contributed by atoms with E-state index in [1.807, 2.05) is 0 Å². The molecule has 0 radical (unpaired) electrons. The zero-order chi connectivity index (χ0) is 12.9. The Labute approximate surface area is 115 Å². The highest BCUT2D eigenvalue weighted by molar-refractivity contribution is 5.49. The maximum Gasteiger partial charge on any atom is 0.0620 e. The van der Waals surface area contributed by atoms with Crippen molar-refractivity contribution in [1.82, 2.24) is 5.32 Å². The number of hydrogen-bond acceptors (Lipinski definition) is 3. The second-order valence-electron chi connectivity index (χ2n) is 5.63. The number of hydrogen-bond donors (Lipinski definition) is 2. The quantitative estimate of drug-likeness (QED) is 0.872. The second kappa shape index (κ2) is 6.40. The van der Waals surface area contributed by atoms with E-state index in [1.165, 1.54) is 31.4 Å². The summed E-state index contributed by atoms with van der Waals surface area (Å²) < 4.78 is 5.47. The van der Waals surface area contributed by atoms with Crippen molar-refractivity contribution < 1.29 is 4.74 Å². The summed E-state index contributed by atoms with van der Waals surface area (Å²) >= 11 is 0. The van der Waals surface area contributed by atoms with Gasteiger partial charge in [-0.15, -0.1) is 0 Å². The minimum absolute atomic E-state index is 0.513. The van der Waals surface area contributed by atoms with Crippen LogP contribution in [0.25, 0.3) is 0 Å². The summed E-state index contributed by atoms with van der Waals surface area (Å²) in [5, 5.41) is 7.04.